The van der Waals surface area contributed by atoms with Crippen LogP contribution in [0.4, 0.5) is 5.69 Å². The van der Waals surface area contributed by atoms with Crippen molar-refractivity contribution in [2.24, 2.45) is 11.8 Å². The number of hydrogen-bond donors (Lipinski definition) is 1. The molecule has 1 aromatic heterocycles. The van der Waals surface area contributed by atoms with Gasteiger partial charge < -0.3 is 4.74 Å². The first-order valence-corrected chi connectivity index (χ1v) is 10.8. The average Bonchev–Trinajstić information content (AvgIpc) is 3.41. The van der Waals surface area contributed by atoms with Crippen LogP contribution in [0.1, 0.15) is 37.6 Å². The van der Waals surface area contributed by atoms with Gasteiger partial charge in [0, 0.05) is 4.88 Å². The molecule has 2 aromatic rings. The molecule has 0 saturated carbocycles. The Balaban J connectivity index is 1.84. The van der Waals surface area contributed by atoms with Gasteiger partial charge in [-0.1, -0.05) is 37.6 Å². The lowest BCUT2D eigenvalue weighted by molar-refractivity contribution is -0.155. The van der Waals surface area contributed by atoms with Crippen LogP contribution in [0.15, 0.2) is 47.8 Å². The van der Waals surface area contributed by atoms with Crippen molar-refractivity contribution >= 4 is 34.8 Å². The van der Waals surface area contributed by atoms with E-state index < -0.39 is 29.4 Å². The van der Waals surface area contributed by atoms with E-state index in [0.29, 0.717) is 18.5 Å². The fourth-order valence-electron chi connectivity index (χ4n) is 4.72. The summed E-state index contributed by atoms with van der Waals surface area (Å²) in [6.45, 7) is 3.93. The van der Waals surface area contributed by atoms with Crippen LogP contribution in [0, 0.1) is 11.8 Å². The van der Waals surface area contributed by atoms with E-state index in [0.717, 1.165) is 4.88 Å². The minimum Gasteiger partial charge on any atom is -0.465 e. The molecule has 2 aliphatic rings. The van der Waals surface area contributed by atoms with E-state index in [-0.39, 0.29) is 18.4 Å². The zero-order valence-electron chi connectivity index (χ0n) is 16.5. The summed E-state index contributed by atoms with van der Waals surface area (Å²) in [7, 11) is 0. The molecule has 2 amide bonds. The average molecular weight is 413 g/mol. The Labute approximate surface area is 173 Å². The fraction of sp³-hybridized carbons (Fsp3) is 0.409. The number of amides is 2. The van der Waals surface area contributed by atoms with E-state index in [1.807, 2.05) is 30.5 Å². The number of carbonyl (C=O) groups excluding carboxylic acids is 3. The molecule has 2 aliphatic heterocycles. The molecule has 0 radical (unpaired) electrons. The Morgan fingerprint density at radius 2 is 1.90 bits per heavy atom. The van der Waals surface area contributed by atoms with E-state index in [2.05, 4.69) is 5.32 Å². The molecule has 152 valence electrons. The van der Waals surface area contributed by atoms with Gasteiger partial charge in [-0.05, 0) is 36.9 Å². The Morgan fingerprint density at radius 1 is 1.14 bits per heavy atom. The summed E-state index contributed by atoms with van der Waals surface area (Å²) < 4.78 is 5.40. The molecule has 4 rings (SSSR count). The number of nitrogens with one attached hydrogen (secondary N) is 1. The summed E-state index contributed by atoms with van der Waals surface area (Å²) in [6, 6.07) is 12.4. The maximum Gasteiger partial charge on any atom is 0.327 e. The summed E-state index contributed by atoms with van der Waals surface area (Å²) in [5.41, 5.74) is -0.670. The number of rotatable bonds is 6. The fourth-order valence-corrected chi connectivity index (χ4v) is 5.54. The van der Waals surface area contributed by atoms with Crippen LogP contribution in [-0.4, -0.2) is 29.9 Å². The second kappa shape index (κ2) is 7.72. The van der Waals surface area contributed by atoms with E-state index >= 15 is 0 Å². The molecule has 2 fully saturated rings. The Morgan fingerprint density at radius 3 is 2.52 bits per heavy atom. The predicted molar refractivity (Wildman–Crippen MR) is 110 cm³/mol. The minimum atomic E-state index is -1.21. The second-order valence-electron chi connectivity index (χ2n) is 7.43. The van der Waals surface area contributed by atoms with Gasteiger partial charge in [-0.25, -0.2) is 4.90 Å². The minimum absolute atomic E-state index is 0.220. The Bertz CT molecular complexity index is 914. The summed E-state index contributed by atoms with van der Waals surface area (Å²) in [4.78, 5) is 42.4. The third-order valence-corrected chi connectivity index (χ3v) is 6.76. The maximum absolute atomic E-state index is 13.6. The number of nitrogens with zero attached hydrogens (tertiary/aromatic N) is 1. The number of hydrogen-bond acceptors (Lipinski definition) is 6. The van der Waals surface area contributed by atoms with Crippen molar-refractivity contribution in [3.8, 4) is 0 Å². The Hall–Kier alpha value is -2.51. The molecule has 3 heterocycles. The number of imide groups is 1. The van der Waals surface area contributed by atoms with Crippen LogP contribution in [0.2, 0.25) is 0 Å². The van der Waals surface area contributed by atoms with Gasteiger partial charge in [0.15, 0.2) is 0 Å². The van der Waals surface area contributed by atoms with Gasteiger partial charge in [0.05, 0.1) is 30.2 Å². The quantitative estimate of drug-likeness (QED) is 0.582. The van der Waals surface area contributed by atoms with Crippen molar-refractivity contribution in [1.29, 1.82) is 0 Å². The monoisotopic (exact) mass is 412 g/mol. The van der Waals surface area contributed by atoms with Crippen molar-refractivity contribution in [2.45, 2.75) is 38.3 Å². The van der Waals surface area contributed by atoms with E-state index in [1.54, 1.807) is 31.2 Å². The van der Waals surface area contributed by atoms with Crippen LogP contribution in [0.25, 0.3) is 0 Å². The standard InChI is InChI=1S/C22H24N2O4S/c1-3-12-22(21(27)28-4-2)17-16(18(23-22)15-11-8-13-29-15)19(25)24(20(17)26)14-9-6-5-7-10-14/h5-11,13,16-18,23H,3-4,12H2,1-2H3. The van der Waals surface area contributed by atoms with Gasteiger partial charge in [0.2, 0.25) is 11.8 Å². The van der Waals surface area contributed by atoms with Crippen molar-refractivity contribution in [2.75, 3.05) is 11.5 Å². The maximum atomic E-state index is 13.6. The van der Waals surface area contributed by atoms with Gasteiger partial charge in [-0.15, -0.1) is 11.3 Å². The molecular formula is C22H24N2O4S. The topological polar surface area (TPSA) is 75.7 Å². The van der Waals surface area contributed by atoms with Crippen LogP contribution in [-0.2, 0) is 19.1 Å². The van der Waals surface area contributed by atoms with Crippen molar-refractivity contribution in [3.63, 3.8) is 0 Å². The normalized spacial score (nSPS) is 28.6. The SMILES string of the molecule is CCCC1(C(=O)OCC)NC(c2cccs2)C2C(=O)N(c3ccccc3)C(=O)C21. The smallest absolute Gasteiger partial charge is 0.327 e. The summed E-state index contributed by atoms with van der Waals surface area (Å²) in [6.07, 6.45) is 1.11. The van der Waals surface area contributed by atoms with Crippen LogP contribution < -0.4 is 10.2 Å². The zero-order valence-corrected chi connectivity index (χ0v) is 17.3. The van der Waals surface area contributed by atoms with Crippen LogP contribution in [0.3, 0.4) is 0 Å². The number of ether oxygens (including phenoxy) is 1. The largest absolute Gasteiger partial charge is 0.465 e. The third-order valence-electron chi connectivity index (χ3n) is 5.80. The number of esters is 1. The van der Waals surface area contributed by atoms with Gasteiger partial charge in [-0.2, -0.15) is 0 Å². The molecule has 0 bridgehead atoms. The molecule has 0 aliphatic carbocycles. The van der Waals surface area contributed by atoms with Crippen LogP contribution in [0.5, 0.6) is 0 Å². The molecule has 4 atom stereocenters. The predicted octanol–water partition coefficient (Wildman–Crippen LogP) is 3.30. The van der Waals surface area contributed by atoms with Gasteiger partial charge in [-0.3, -0.25) is 19.7 Å². The van der Waals surface area contributed by atoms with E-state index in [9.17, 15) is 14.4 Å². The lowest BCUT2D eigenvalue weighted by atomic mass is 9.77. The summed E-state index contributed by atoms with van der Waals surface area (Å²) >= 11 is 1.52. The van der Waals surface area contributed by atoms with Gasteiger partial charge in [0.25, 0.3) is 0 Å². The molecular weight excluding hydrogens is 388 g/mol. The molecule has 29 heavy (non-hydrogen) atoms. The molecule has 4 unspecified atom stereocenters. The molecule has 2 saturated heterocycles. The number of fused-ring (bicyclic) bond motifs is 1. The van der Waals surface area contributed by atoms with E-state index in [1.165, 1.54) is 16.2 Å². The highest BCUT2D eigenvalue weighted by molar-refractivity contribution is 7.10. The summed E-state index contributed by atoms with van der Waals surface area (Å²) in [5, 5.41) is 5.33. The first-order chi connectivity index (χ1) is 14.0. The van der Waals surface area contributed by atoms with Crippen LogP contribution >= 0.6 is 11.3 Å². The number of benzene rings is 1. The number of para-hydroxylation sites is 1. The molecule has 0 spiro atoms. The first-order valence-electron chi connectivity index (χ1n) is 9.96. The van der Waals surface area contributed by atoms with Crippen molar-refractivity contribution in [3.05, 3.63) is 52.7 Å². The third kappa shape index (κ3) is 3.00. The van der Waals surface area contributed by atoms with E-state index in [4.69, 9.17) is 4.74 Å². The second-order valence-corrected chi connectivity index (χ2v) is 8.41. The van der Waals surface area contributed by atoms with Crippen molar-refractivity contribution < 1.29 is 19.1 Å². The molecule has 1 N–H and O–H groups in total. The van der Waals surface area contributed by atoms with Crippen molar-refractivity contribution in [1.82, 2.24) is 5.32 Å². The lowest BCUT2D eigenvalue weighted by Crippen LogP contribution is -2.56. The number of thiophene rings is 1. The highest BCUT2D eigenvalue weighted by atomic mass is 32.1. The highest BCUT2D eigenvalue weighted by Crippen LogP contribution is 2.52. The van der Waals surface area contributed by atoms with Gasteiger partial charge >= 0.3 is 5.97 Å². The number of carbonyl (C=O) groups is 3. The Kier molecular flexibility index (Phi) is 5.27. The summed E-state index contributed by atoms with van der Waals surface area (Å²) in [5.74, 6) is -2.48. The molecule has 7 heteroatoms. The van der Waals surface area contributed by atoms with Gasteiger partial charge in [0.1, 0.15) is 5.54 Å². The first kappa shape index (κ1) is 19.8. The molecule has 6 nitrogen and oxygen atoms in total. The number of anilines is 1. The molecule has 1 aromatic carbocycles. The lowest BCUT2D eigenvalue weighted by Gasteiger charge is -2.32. The zero-order chi connectivity index (χ0) is 20.6. The highest BCUT2D eigenvalue weighted by Gasteiger charge is 2.68.